The van der Waals surface area contributed by atoms with Crippen LogP contribution in [0.2, 0.25) is 0 Å². The zero-order valence-electron chi connectivity index (χ0n) is 12.7. The van der Waals surface area contributed by atoms with E-state index in [0.29, 0.717) is 0 Å². The minimum atomic E-state index is 0. The zero-order chi connectivity index (χ0) is 15.3. The van der Waals surface area contributed by atoms with Gasteiger partial charge in [0.1, 0.15) is 0 Å². The van der Waals surface area contributed by atoms with Crippen LogP contribution in [0.4, 0.5) is 0 Å². The first kappa shape index (κ1) is 26.6. The maximum atomic E-state index is 7.75. The molecule has 1 rings (SSSR count). The first-order valence-corrected chi connectivity index (χ1v) is 5.37. The van der Waals surface area contributed by atoms with Crippen LogP contribution in [0.1, 0.15) is 43.5 Å². The topological polar surface area (TPSA) is 59.9 Å². The van der Waals surface area contributed by atoms with E-state index in [4.69, 9.17) is 9.59 Å². The molecular weight excluding hydrogens is 329 g/mol. The number of nitrogens with zero attached hydrogens (tertiary/aromatic N) is 2. The van der Waals surface area contributed by atoms with Crippen molar-refractivity contribution >= 4 is 13.6 Å². The summed E-state index contributed by atoms with van der Waals surface area (Å²) in [4.78, 5) is 24.1. The Morgan fingerprint density at radius 2 is 0.789 bits per heavy atom. The Balaban J connectivity index is -0.000000107. The molecule has 109 valence electrons. The van der Waals surface area contributed by atoms with E-state index in [9.17, 15) is 0 Å². The number of hydrogen-bond acceptors (Lipinski definition) is 4. The molecule has 1 aromatic heterocycles. The molecule has 0 amide bonds. The number of aryl methyl sites for hydroxylation is 4. The fourth-order valence-corrected chi connectivity index (χ4v) is 0.827. The van der Waals surface area contributed by atoms with Crippen LogP contribution in [0.25, 0.3) is 0 Å². The summed E-state index contributed by atoms with van der Waals surface area (Å²) < 4.78 is 0. The average molecular weight is 352 g/mol. The van der Waals surface area contributed by atoms with Crippen molar-refractivity contribution in [3.8, 4) is 0 Å². The summed E-state index contributed by atoms with van der Waals surface area (Å²) in [5.41, 5.74) is 4.12. The zero-order valence-corrected chi connectivity index (χ0v) is 14.5. The normalized spacial score (nSPS) is 7.58. The van der Waals surface area contributed by atoms with Crippen LogP contribution in [0.3, 0.4) is 0 Å². The largest absolute Gasteiger partial charge is 3.00 e. The molecule has 0 unspecified atom stereocenters. The van der Waals surface area contributed by atoms with Gasteiger partial charge in [0.25, 0.3) is 0 Å². The van der Waals surface area contributed by atoms with Gasteiger partial charge in [0.05, 0.1) is 22.8 Å². The summed E-state index contributed by atoms with van der Waals surface area (Å²) in [5, 5.41) is 0. The molecule has 4 nitrogen and oxygen atoms in total. The van der Waals surface area contributed by atoms with Gasteiger partial charge in [-0.15, -0.1) is 0 Å². The van der Waals surface area contributed by atoms with Crippen LogP contribution in [-0.2, 0) is 29.1 Å². The van der Waals surface area contributed by atoms with Gasteiger partial charge in [-0.2, -0.15) is 20.8 Å². The van der Waals surface area contributed by atoms with Crippen molar-refractivity contribution in [2.24, 2.45) is 0 Å². The van der Waals surface area contributed by atoms with Gasteiger partial charge in [0.15, 0.2) is 0 Å². The third kappa shape index (κ3) is 17.0. The van der Waals surface area contributed by atoms with Crippen LogP contribution in [0.5, 0.6) is 0 Å². The van der Waals surface area contributed by atoms with Gasteiger partial charge in [0, 0.05) is 0 Å². The first-order chi connectivity index (χ1) is 8.34. The Morgan fingerprint density at radius 3 is 0.895 bits per heavy atom. The van der Waals surface area contributed by atoms with Crippen molar-refractivity contribution in [2.75, 3.05) is 0 Å². The molecule has 0 spiro atoms. The Hall–Kier alpha value is -0.957. The van der Waals surface area contributed by atoms with Crippen LogP contribution in [0, 0.1) is 33.6 Å². The molecule has 0 fully saturated rings. The quantitative estimate of drug-likeness (QED) is 0.409. The van der Waals surface area contributed by atoms with Gasteiger partial charge in [0.2, 0.25) is 0 Å². The van der Waals surface area contributed by atoms with Crippen LogP contribution in [0.15, 0.2) is 0 Å². The molecule has 0 N–H and O–H groups in total. The van der Waals surface area contributed by atoms with E-state index in [-0.39, 0.29) is 19.5 Å². The molecule has 0 atom stereocenters. The molecule has 0 aromatic carbocycles. The molecule has 0 aliphatic rings. The summed E-state index contributed by atoms with van der Waals surface area (Å²) in [6.45, 7) is 20.7. The van der Waals surface area contributed by atoms with Crippen molar-refractivity contribution in [1.82, 2.24) is 9.97 Å². The van der Waals surface area contributed by atoms with E-state index in [1.807, 2.05) is 27.7 Å². The van der Waals surface area contributed by atoms with Crippen molar-refractivity contribution in [3.63, 3.8) is 0 Å². The molecular formula is C14H23N2O2Ru. The van der Waals surface area contributed by atoms with Crippen molar-refractivity contribution < 1.29 is 29.1 Å². The molecule has 0 saturated heterocycles. The predicted molar refractivity (Wildman–Crippen MR) is 74.7 cm³/mol. The van der Waals surface area contributed by atoms with E-state index < -0.39 is 0 Å². The van der Waals surface area contributed by atoms with Crippen molar-refractivity contribution in [2.45, 2.75) is 48.5 Å². The predicted octanol–water partition coefficient (Wildman–Crippen LogP) is 2.78. The Morgan fingerprint density at radius 1 is 0.684 bits per heavy atom. The maximum Gasteiger partial charge on any atom is 3.00 e. The van der Waals surface area contributed by atoms with Crippen molar-refractivity contribution in [3.05, 3.63) is 28.7 Å². The van der Waals surface area contributed by atoms with Crippen LogP contribution < -0.4 is 0 Å². The second-order valence-electron chi connectivity index (χ2n) is 4.07. The molecule has 0 saturated carbocycles. The van der Waals surface area contributed by atoms with Gasteiger partial charge < -0.3 is 15.5 Å². The molecule has 0 aliphatic heterocycles. The van der Waals surface area contributed by atoms with Gasteiger partial charge in [-0.1, -0.05) is 0 Å². The number of rotatable bonds is 0. The van der Waals surface area contributed by atoms with E-state index in [0.717, 1.165) is 22.8 Å². The molecule has 1 radical (unpaired) electrons. The molecule has 19 heavy (non-hydrogen) atoms. The van der Waals surface area contributed by atoms with E-state index in [1.165, 1.54) is 5.92 Å². The van der Waals surface area contributed by atoms with E-state index in [2.05, 4.69) is 44.3 Å². The van der Waals surface area contributed by atoms with Gasteiger partial charge in [-0.3, -0.25) is 23.5 Å². The minimum absolute atomic E-state index is 0. The molecule has 5 heteroatoms. The third-order valence-electron chi connectivity index (χ3n) is 1.72. The SMILES string of the molecule is C[C-](C)C.Cc1nc(C)c(C)nc1C.[CH-]=O.[CH-]=O.[Ru+3]. The summed E-state index contributed by atoms with van der Waals surface area (Å²) in [5.74, 6) is 1.42. The second-order valence-corrected chi connectivity index (χ2v) is 4.07. The van der Waals surface area contributed by atoms with Gasteiger partial charge in [-0.05, 0) is 27.7 Å². The third-order valence-corrected chi connectivity index (χ3v) is 1.72. The minimum Gasteiger partial charge on any atom is -0.545 e. The first-order valence-electron chi connectivity index (χ1n) is 5.37. The van der Waals surface area contributed by atoms with Gasteiger partial charge >= 0.3 is 19.5 Å². The number of hydrogen-bond donors (Lipinski definition) is 0. The maximum absolute atomic E-state index is 7.75. The Bertz CT molecular complexity index is 276. The average Bonchev–Trinajstić information content (AvgIpc) is 2.31. The Kier molecular flexibility index (Phi) is 23.8. The number of aromatic nitrogens is 2. The summed E-state index contributed by atoms with van der Waals surface area (Å²) in [7, 11) is 0. The van der Waals surface area contributed by atoms with Crippen molar-refractivity contribution in [1.29, 1.82) is 0 Å². The molecule has 1 aromatic rings. The summed E-state index contributed by atoms with van der Waals surface area (Å²) in [6.07, 6.45) is 0. The van der Waals surface area contributed by atoms with Gasteiger partial charge in [-0.25, -0.2) is 0 Å². The number of carbonyl (C=O) groups excluding carboxylic acids is 2. The fraction of sp³-hybridized carbons (Fsp3) is 0.500. The standard InChI is InChI=1S/C8H12N2.C4H9.2CHO.Ru/c1-5-6(2)10-8(4)7(3)9-5;1-4(2)3;2*1-2;/h1-4H3;1-3H3;2*1H;/q;3*-1;+3. The molecule has 0 aliphatic carbocycles. The fourth-order valence-electron chi connectivity index (χ4n) is 0.827. The summed E-state index contributed by atoms with van der Waals surface area (Å²) in [6, 6.07) is 0. The van der Waals surface area contributed by atoms with E-state index >= 15 is 0 Å². The molecule has 1 heterocycles. The Labute approximate surface area is 130 Å². The smallest absolute Gasteiger partial charge is 0.545 e. The van der Waals surface area contributed by atoms with Crippen LogP contribution >= 0.6 is 0 Å². The van der Waals surface area contributed by atoms with Crippen LogP contribution in [-0.4, -0.2) is 23.5 Å². The van der Waals surface area contributed by atoms with E-state index in [1.54, 1.807) is 0 Å². The summed E-state index contributed by atoms with van der Waals surface area (Å²) >= 11 is 0. The monoisotopic (exact) mass is 353 g/mol. The molecule has 0 bridgehead atoms. The second kappa shape index (κ2) is 17.0.